The van der Waals surface area contributed by atoms with Crippen LogP contribution in [0.3, 0.4) is 0 Å². The zero-order valence-electron chi connectivity index (χ0n) is 12.7. The number of hydrogen-bond donors (Lipinski definition) is 2. The standard InChI is InChI=1S/C14H24N4O3/c1-15-14(16-9-12(19)17-11-3-4-11)18-7-5-10(6-8-18)13(20)21-2/h10-11H,3-9H2,1-2H3,(H,15,16)(H,17,19). The van der Waals surface area contributed by atoms with E-state index in [1.165, 1.54) is 7.11 Å². The molecule has 2 aliphatic rings. The minimum atomic E-state index is -0.138. The molecular formula is C14H24N4O3. The number of amides is 1. The fraction of sp³-hybridized carbons (Fsp3) is 0.786. The van der Waals surface area contributed by atoms with Crippen LogP contribution in [0, 0.1) is 5.92 Å². The van der Waals surface area contributed by atoms with E-state index < -0.39 is 0 Å². The first-order valence-corrected chi connectivity index (χ1v) is 7.46. The smallest absolute Gasteiger partial charge is 0.308 e. The number of carbonyl (C=O) groups is 2. The molecule has 1 saturated heterocycles. The van der Waals surface area contributed by atoms with E-state index in [1.807, 2.05) is 0 Å². The van der Waals surface area contributed by atoms with Crippen LogP contribution in [0.1, 0.15) is 25.7 Å². The number of hydrogen-bond acceptors (Lipinski definition) is 4. The fourth-order valence-electron chi connectivity index (χ4n) is 2.49. The van der Waals surface area contributed by atoms with Gasteiger partial charge in [-0.15, -0.1) is 0 Å². The van der Waals surface area contributed by atoms with Crippen molar-refractivity contribution in [1.82, 2.24) is 15.5 Å². The topological polar surface area (TPSA) is 83.0 Å². The lowest BCUT2D eigenvalue weighted by molar-refractivity contribution is -0.146. The summed E-state index contributed by atoms with van der Waals surface area (Å²) in [6, 6.07) is 0.372. The molecule has 1 aliphatic carbocycles. The van der Waals surface area contributed by atoms with E-state index in [9.17, 15) is 9.59 Å². The van der Waals surface area contributed by atoms with Gasteiger partial charge in [-0.05, 0) is 25.7 Å². The Bertz CT molecular complexity index is 412. The Labute approximate surface area is 125 Å². The molecule has 0 unspecified atom stereocenters. The number of piperidine rings is 1. The van der Waals surface area contributed by atoms with Gasteiger partial charge in [-0.2, -0.15) is 0 Å². The lowest BCUT2D eigenvalue weighted by Crippen LogP contribution is -2.49. The SMILES string of the molecule is CN=C(NCC(=O)NC1CC1)N1CCC(C(=O)OC)CC1. The molecule has 2 N–H and O–H groups in total. The third-order valence-corrected chi connectivity index (χ3v) is 3.89. The van der Waals surface area contributed by atoms with Crippen LogP contribution in [0.4, 0.5) is 0 Å². The van der Waals surface area contributed by atoms with Gasteiger partial charge in [0.15, 0.2) is 5.96 Å². The second kappa shape index (κ2) is 7.28. The lowest BCUT2D eigenvalue weighted by atomic mass is 9.97. The average molecular weight is 296 g/mol. The van der Waals surface area contributed by atoms with E-state index in [0.717, 1.165) is 38.8 Å². The van der Waals surface area contributed by atoms with E-state index in [-0.39, 0.29) is 24.3 Å². The summed E-state index contributed by atoms with van der Waals surface area (Å²) < 4.78 is 4.78. The summed E-state index contributed by atoms with van der Waals surface area (Å²) in [7, 11) is 3.13. The number of esters is 1. The minimum absolute atomic E-state index is 0.00287. The van der Waals surface area contributed by atoms with Crippen LogP contribution in [-0.4, -0.2) is 62.6 Å². The minimum Gasteiger partial charge on any atom is -0.469 e. The average Bonchev–Trinajstić information content (AvgIpc) is 3.31. The second-order valence-electron chi connectivity index (χ2n) is 5.53. The van der Waals surface area contributed by atoms with Crippen LogP contribution in [0.5, 0.6) is 0 Å². The number of nitrogens with one attached hydrogen (secondary N) is 2. The highest BCUT2D eigenvalue weighted by atomic mass is 16.5. The molecule has 0 aromatic heterocycles. The van der Waals surface area contributed by atoms with Gasteiger partial charge < -0.3 is 20.3 Å². The molecule has 1 amide bonds. The summed E-state index contributed by atoms with van der Waals surface area (Å²) in [6.45, 7) is 1.72. The van der Waals surface area contributed by atoms with Gasteiger partial charge in [0.2, 0.25) is 5.91 Å². The monoisotopic (exact) mass is 296 g/mol. The van der Waals surface area contributed by atoms with Gasteiger partial charge in [-0.3, -0.25) is 14.6 Å². The third-order valence-electron chi connectivity index (χ3n) is 3.89. The summed E-state index contributed by atoms with van der Waals surface area (Å²) in [5.74, 6) is 0.552. The van der Waals surface area contributed by atoms with Crippen molar-refractivity contribution in [3.05, 3.63) is 0 Å². The summed E-state index contributed by atoms with van der Waals surface area (Å²) in [5, 5.41) is 6.01. The summed E-state index contributed by atoms with van der Waals surface area (Å²) in [4.78, 5) is 29.4. The van der Waals surface area contributed by atoms with Crippen LogP contribution < -0.4 is 10.6 Å². The molecule has 0 aromatic carbocycles. The maximum Gasteiger partial charge on any atom is 0.308 e. The second-order valence-corrected chi connectivity index (χ2v) is 5.53. The Hall–Kier alpha value is -1.79. The van der Waals surface area contributed by atoms with Crippen LogP contribution in [0.25, 0.3) is 0 Å². The maximum atomic E-state index is 11.7. The van der Waals surface area contributed by atoms with Crippen molar-refractivity contribution in [3.63, 3.8) is 0 Å². The Morgan fingerprint density at radius 1 is 1.24 bits per heavy atom. The molecule has 2 fully saturated rings. The fourth-order valence-corrected chi connectivity index (χ4v) is 2.49. The first kappa shape index (κ1) is 15.6. The Morgan fingerprint density at radius 3 is 2.43 bits per heavy atom. The number of likely N-dealkylation sites (tertiary alicyclic amines) is 1. The Morgan fingerprint density at radius 2 is 1.90 bits per heavy atom. The molecule has 7 nitrogen and oxygen atoms in total. The zero-order valence-corrected chi connectivity index (χ0v) is 12.7. The summed E-state index contributed by atoms with van der Waals surface area (Å²) in [5.41, 5.74) is 0. The zero-order chi connectivity index (χ0) is 15.2. The van der Waals surface area contributed by atoms with E-state index in [1.54, 1.807) is 7.05 Å². The van der Waals surface area contributed by atoms with Crippen molar-refractivity contribution < 1.29 is 14.3 Å². The first-order chi connectivity index (χ1) is 10.1. The number of methoxy groups -OCH3 is 1. The molecule has 0 atom stereocenters. The van der Waals surface area contributed by atoms with Gasteiger partial charge in [0.1, 0.15) is 0 Å². The molecule has 118 valence electrons. The van der Waals surface area contributed by atoms with Crippen molar-refractivity contribution >= 4 is 17.8 Å². The molecular weight excluding hydrogens is 272 g/mol. The van der Waals surface area contributed by atoms with E-state index in [0.29, 0.717) is 12.0 Å². The highest BCUT2D eigenvalue weighted by Gasteiger charge is 2.27. The molecule has 1 heterocycles. The highest BCUT2D eigenvalue weighted by molar-refractivity contribution is 5.86. The van der Waals surface area contributed by atoms with Gasteiger partial charge in [0, 0.05) is 26.2 Å². The predicted octanol–water partition coefficient (Wildman–Crippen LogP) is -0.275. The van der Waals surface area contributed by atoms with E-state index >= 15 is 0 Å². The van der Waals surface area contributed by atoms with Gasteiger partial charge >= 0.3 is 5.97 Å². The largest absolute Gasteiger partial charge is 0.469 e. The van der Waals surface area contributed by atoms with Gasteiger partial charge in [0.05, 0.1) is 19.6 Å². The number of ether oxygens (including phenoxy) is 1. The number of rotatable bonds is 4. The third kappa shape index (κ3) is 4.61. The molecule has 0 spiro atoms. The van der Waals surface area contributed by atoms with Crippen molar-refractivity contribution in [3.8, 4) is 0 Å². The molecule has 1 saturated carbocycles. The number of nitrogens with zero attached hydrogens (tertiary/aromatic N) is 2. The molecule has 0 aromatic rings. The van der Waals surface area contributed by atoms with Crippen molar-refractivity contribution in [2.24, 2.45) is 10.9 Å². The van der Waals surface area contributed by atoms with Crippen molar-refractivity contribution in [2.75, 3.05) is 33.8 Å². The summed E-state index contributed by atoms with van der Waals surface area (Å²) >= 11 is 0. The molecule has 0 radical (unpaired) electrons. The molecule has 21 heavy (non-hydrogen) atoms. The van der Waals surface area contributed by atoms with E-state index in [2.05, 4.69) is 20.5 Å². The quantitative estimate of drug-likeness (QED) is 0.424. The van der Waals surface area contributed by atoms with Crippen LogP contribution >= 0.6 is 0 Å². The maximum absolute atomic E-state index is 11.7. The molecule has 0 bridgehead atoms. The van der Waals surface area contributed by atoms with Crippen molar-refractivity contribution in [1.29, 1.82) is 0 Å². The Kier molecular flexibility index (Phi) is 5.41. The number of carbonyl (C=O) groups excluding carboxylic acids is 2. The number of guanidine groups is 1. The van der Waals surface area contributed by atoms with Gasteiger partial charge in [-0.25, -0.2) is 0 Å². The first-order valence-electron chi connectivity index (χ1n) is 7.46. The van der Waals surface area contributed by atoms with Gasteiger partial charge in [0.25, 0.3) is 0 Å². The Balaban J connectivity index is 1.74. The normalized spacial score (nSPS) is 20.1. The predicted molar refractivity (Wildman–Crippen MR) is 78.8 cm³/mol. The van der Waals surface area contributed by atoms with Crippen LogP contribution in [0.2, 0.25) is 0 Å². The number of aliphatic imine (C=N–C) groups is 1. The van der Waals surface area contributed by atoms with Gasteiger partial charge in [-0.1, -0.05) is 0 Å². The lowest BCUT2D eigenvalue weighted by Gasteiger charge is -2.33. The molecule has 7 heteroatoms. The summed E-state index contributed by atoms with van der Waals surface area (Å²) in [6.07, 6.45) is 3.67. The van der Waals surface area contributed by atoms with E-state index in [4.69, 9.17) is 4.74 Å². The van der Waals surface area contributed by atoms with Crippen LogP contribution in [-0.2, 0) is 14.3 Å². The van der Waals surface area contributed by atoms with Crippen molar-refractivity contribution in [2.45, 2.75) is 31.7 Å². The molecule has 1 aliphatic heterocycles. The highest BCUT2D eigenvalue weighted by Crippen LogP contribution is 2.19. The molecule has 2 rings (SSSR count). The van der Waals surface area contributed by atoms with Crippen LogP contribution in [0.15, 0.2) is 4.99 Å².